The van der Waals surface area contributed by atoms with Crippen molar-refractivity contribution in [1.29, 1.82) is 0 Å². The number of aliphatic imine (C=N–C) groups is 2. The minimum atomic E-state index is -3.19. The zero-order valence-electron chi connectivity index (χ0n) is 14.1. The van der Waals surface area contributed by atoms with Crippen molar-refractivity contribution in [2.75, 3.05) is 19.3 Å². The molecule has 1 aromatic carbocycles. The summed E-state index contributed by atoms with van der Waals surface area (Å²) in [6.45, 7) is 1.29. The Morgan fingerprint density at radius 1 is 1.24 bits per heavy atom. The van der Waals surface area contributed by atoms with E-state index in [-0.39, 0.29) is 18.2 Å². The van der Waals surface area contributed by atoms with Crippen LogP contribution in [0, 0.1) is 0 Å². The molecule has 0 saturated heterocycles. The Morgan fingerprint density at radius 3 is 2.64 bits per heavy atom. The molecule has 0 fully saturated rings. The van der Waals surface area contributed by atoms with Gasteiger partial charge in [-0.15, -0.1) is 0 Å². The number of hydrogen-bond acceptors (Lipinski definition) is 6. The fourth-order valence-corrected chi connectivity index (χ4v) is 3.59. The summed E-state index contributed by atoms with van der Waals surface area (Å²) in [5.41, 5.74) is 0.957. The second kappa shape index (κ2) is 7.72. The molecular weight excluding hydrogens is 343 g/mol. The van der Waals surface area contributed by atoms with Gasteiger partial charge in [-0.2, -0.15) is 0 Å². The highest BCUT2D eigenvalue weighted by Gasteiger charge is 2.21. The molecule has 0 radical (unpaired) electrons. The summed E-state index contributed by atoms with van der Waals surface area (Å²) in [5, 5.41) is 6.83. The van der Waals surface area contributed by atoms with E-state index >= 15 is 0 Å². The fraction of sp³-hybridized carbons (Fsp3) is 0.529. The first-order valence-electron chi connectivity index (χ1n) is 8.38. The van der Waals surface area contributed by atoms with Crippen molar-refractivity contribution in [3.63, 3.8) is 0 Å². The highest BCUT2D eigenvalue weighted by atomic mass is 32.2. The summed E-state index contributed by atoms with van der Waals surface area (Å²) >= 11 is 0. The molecule has 6 nitrogen and oxygen atoms in total. The maximum absolute atomic E-state index is 13.1. The monoisotopic (exact) mass is 366 g/mol. The lowest BCUT2D eigenvalue weighted by Gasteiger charge is -2.29. The molecular formula is C17H23FN4O2S. The Kier molecular flexibility index (Phi) is 5.61. The van der Waals surface area contributed by atoms with Gasteiger partial charge in [0, 0.05) is 25.2 Å². The number of halogens is 1. The van der Waals surface area contributed by atoms with Gasteiger partial charge in [0.25, 0.3) is 0 Å². The van der Waals surface area contributed by atoms with Crippen molar-refractivity contribution in [3.8, 4) is 0 Å². The van der Waals surface area contributed by atoms with Gasteiger partial charge in [-0.25, -0.2) is 12.8 Å². The quantitative estimate of drug-likeness (QED) is 0.823. The van der Waals surface area contributed by atoms with Crippen LogP contribution in [-0.4, -0.2) is 58.6 Å². The van der Waals surface area contributed by atoms with E-state index < -0.39 is 16.0 Å². The topological polar surface area (TPSA) is 82.9 Å². The van der Waals surface area contributed by atoms with Gasteiger partial charge in [0.15, 0.2) is 9.84 Å². The summed E-state index contributed by atoms with van der Waals surface area (Å²) in [5.74, 6) is 0. The van der Waals surface area contributed by atoms with Gasteiger partial charge in [0.1, 0.15) is 6.17 Å². The van der Waals surface area contributed by atoms with E-state index in [1.165, 1.54) is 12.5 Å². The Balaban J connectivity index is 1.57. The molecule has 2 heterocycles. The molecule has 2 aliphatic heterocycles. The average molecular weight is 366 g/mol. The SMILES string of the molecule is CS(=O)(=O)c1ccc(C2C=NCC(NCC3CCC(F)C=N3)N2)cc1. The van der Waals surface area contributed by atoms with E-state index in [0.717, 1.165) is 12.0 Å². The summed E-state index contributed by atoms with van der Waals surface area (Å²) in [7, 11) is -3.19. The predicted molar refractivity (Wildman–Crippen MR) is 97.0 cm³/mol. The van der Waals surface area contributed by atoms with Crippen LogP contribution in [0.3, 0.4) is 0 Å². The lowest BCUT2D eigenvalue weighted by molar-refractivity contribution is 0.344. The minimum absolute atomic E-state index is 0.00267. The van der Waals surface area contributed by atoms with Gasteiger partial charge >= 0.3 is 0 Å². The molecule has 2 N–H and O–H groups in total. The Labute approximate surface area is 147 Å². The third-order valence-corrected chi connectivity index (χ3v) is 5.55. The lowest BCUT2D eigenvalue weighted by Crippen LogP contribution is -2.51. The Hall–Kier alpha value is -1.64. The zero-order valence-corrected chi connectivity index (χ0v) is 14.9. The number of nitrogens with zero attached hydrogens (tertiary/aromatic N) is 2. The molecule has 2 aliphatic rings. The van der Waals surface area contributed by atoms with E-state index in [4.69, 9.17) is 0 Å². The highest BCUT2D eigenvalue weighted by molar-refractivity contribution is 7.90. The van der Waals surface area contributed by atoms with Crippen molar-refractivity contribution in [2.45, 2.75) is 42.2 Å². The first kappa shape index (κ1) is 18.2. The number of alkyl halides is 1. The molecule has 4 atom stereocenters. The average Bonchev–Trinajstić information content (AvgIpc) is 2.61. The van der Waals surface area contributed by atoms with E-state index in [9.17, 15) is 12.8 Å². The maximum Gasteiger partial charge on any atom is 0.175 e. The molecule has 0 amide bonds. The molecule has 136 valence electrons. The van der Waals surface area contributed by atoms with Gasteiger partial charge in [-0.1, -0.05) is 12.1 Å². The van der Waals surface area contributed by atoms with E-state index in [1.807, 2.05) is 6.21 Å². The molecule has 25 heavy (non-hydrogen) atoms. The second-order valence-corrected chi connectivity index (χ2v) is 8.52. The molecule has 0 bridgehead atoms. The van der Waals surface area contributed by atoms with Gasteiger partial charge in [0.2, 0.25) is 0 Å². The van der Waals surface area contributed by atoms with Crippen molar-refractivity contribution >= 4 is 22.3 Å². The van der Waals surface area contributed by atoms with E-state index in [1.54, 1.807) is 24.3 Å². The highest BCUT2D eigenvalue weighted by Crippen LogP contribution is 2.18. The van der Waals surface area contributed by atoms with Gasteiger partial charge in [-0.05, 0) is 30.5 Å². The van der Waals surface area contributed by atoms with Crippen LogP contribution in [0.4, 0.5) is 4.39 Å². The molecule has 0 aromatic heterocycles. The van der Waals surface area contributed by atoms with Crippen LogP contribution < -0.4 is 10.6 Å². The van der Waals surface area contributed by atoms with Crippen LogP contribution in [0.5, 0.6) is 0 Å². The lowest BCUT2D eigenvalue weighted by atomic mass is 10.1. The van der Waals surface area contributed by atoms with Crippen LogP contribution in [0.15, 0.2) is 39.1 Å². The Morgan fingerprint density at radius 2 is 2.00 bits per heavy atom. The molecule has 1 aromatic rings. The smallest absolute Gasteiger partial charge is 0.175 e. The number of sulfone groups is 1. The Bertz CT molecular complexity index is 748. The van der Waals surface area contributed by atoms with E-state index in [0.29, 0.717) is 24.4 Å². The summed E-state index contributed by atoms with van der Waals surface area (Å²) in [6, 6.07) is 6.85. The molecule has 4 unspecified atom stereocenters. The zero-order chi connectivity index (χ0) is 17.9. The fourth-order valence-electron chi connectivity index (χ4n) is 2.96. The van der Waals surface area contributed by atoms with Crippen LogP contribution in [0.25, 0.3) is 0 Å². The summed E-state index contributed by atoms with van der Waals surface area (Å²) in [4.78, 5) is 8.92. The normalized spacial score (nSPS) is 29.7. The summed E-state index contributed by atoms with van der Waals surface area (Å²) in [6.07, 6.45) is 4.80. The first-order valence-corrected chi connectivity index (χ1v) is 10.3. The van der Waals surface area contributed by atoms with Crippen LogP contribution in [0.2, 0.25) is 0 Å². The van der Waals surface area contributed by atoms with Crippen LogP contribution >= 0.6 is 0 Å². The van der Waals surface area contributed by atoms with Crippen molar-refractivity contribution in [2.24, 2.45) is 9.98 Å². The third-order valence-electron chi connectivity index (χ3n) is 4.42. The number of hydrogen-bond donors (Lipinski definition) is 2. The minimum Gasteiger partial charge on any atom is -0.298 e. The maximum atomic E-state index is 13.1. The summed E-state index contributed by atoms with van der Waals surface area (Å²) < 4.78 is 36.1. The van der Waals surface area contributed by atoms with Crippen LogP contribution in [0.1, 0.15) is 24.4 Å². The van der Waals surface area contributed by atoms with Crippen molar-refractivity contribution in [3.05, 3.63) is 29.8 Å². The van der Waals surface area contributed by atoms with Gasteiger partial charge < -0.3 is 0 Å². The molecule has 0 saturated carbocycles. The largest absolute Gasteiger partial charge is 0.298 e. The van der Waals surface area contributed by atoms with Crippen molar-refractivity contribution in [1.82, 2.24) is 10.6 Å². The first-order chi connectivity index (χ1) is 11.9. The predicted octanol–water partition coefficient (Wildman–Crippen LogP) is 1.29. The second-order valence-electron chi connectivity index (χ2n) is 6.51. The van der Waals surface area contributed by atoms with Crippen molar-refractivity contribution < 1.29 is 12.8 Å². The third kappa shape index (κ3) is 4.93. The molecule has 0 aliphatic carbocycles. The molecule has 8 heteroatoms. The number of nitrogens with one attached hydrogen (secondary N) is 2. The molecule has 0 spiro atoms. The number of benzene rings is 1. The van der Waals surface area contributed by atoms with Gasteiger partial charge in [-0.3, -0.25) is 20.6 Å². The number of rotatable bonds is 5. The van der Waals surface area contributed by atoms with E-state index in [2.05, 4.69) is 20.6 Å². The van der Waals surface area contributed by atoms with Crippen LogP contribution in [-0.2, 0) is 9.84 Å². The van der Waals surface area contributed by atoms with Gasteiger partial charge in [0.05, 0.1) is 29.7 Å². The molecule has 3 rings (SSSR count). The standard InChI is InChI=1S/C17H23FN4O2S/c1-25(23,24)15-6-2-12(3-7-15)16-10-19-11-17(22-16)21-9-14-5-4-13(18)8-20-14/h2-3,6-8,10,13-14,16-17,21-22H,4-5,9,11H2,1H3.